The molecule has 2 heterocycles. The van der Waals surface area contributed by atoms with Gasteiger partial charge in [0.2, 0.25) is 0 Å². The number of aromatic nitrogens is 3. The Morgan fingerprint density at radius 2 is 2.21 bits per heavy atom. The Morgan fingerprint density at radius 3 is 2.88 bits per heavy atom. The highest BCUT2D eigenvalue weighted by molar-refractivity contribution is 14.1. The van der Waals surface area contributed by atoms with Gasteiger partial charge in [-0.15, -0.1) is 0 Å². The topological polar surface area (TPSA) is 80.0 Å². The number of rotatable bonds is 5. The van der Waals surface area contributed by atoms with Crippen LogP contribution in [-0.2, 0) is 0 Å². The molecule has 3 rings (SSSR count). The maximum absolute atomic E-state index is 10.8. The van der Waals surface area contributed by atoms with Crippen LogP contribution in [0.15, 0.2) is 12.5 Å². The lowest BCUT2D eigenvalue weighted by atomic mass is 9.75. The Balaban J connectivity index is 1.61. The molecule has 1 amide bonds. The molecule has 130 valence electrons. The molecule has 0 saturated heterocycles. The van der Waals surface area contributed by atoms with Crippen molar-refractivity contribution in [2.45, 2.75) is 51.1 Å². The fourth-order valence-electron chi connectivity index (χ4n) is 3.36. The van der Waals surface area contributed by atoms with E-state index in [1.54, 1.807) is 0 Å². The summed E-state index contributed by atoms with van der Waals surface area (Å²) in [7, 11) is 0. The number of fused-ring (bicyclic) bond motifs is 1. The highest BCUT2D eigenvalue weighted by Gasteiger charge is 2.33. The Labute approximate surface area is 159 Å². The summed E-state index contributed by atoms with van der Waals surface area (Å²) >= 11 is 8.46. The first-order valence-corrected chi connectivity index (χ1v) is 9.40. The van der Waals surface area contributed by atoms with Crippen molar-refractivity contribution in [1.29, 1.82) is 0 Å². The summed E-state index contributed by atoms with van der Waals surface area (Å²) in [6, 6.07) is 0.433. The standard InChI is InChI=1S/C16H20ClIN4O2/c1-16(2,21-15(23)24)4-3-9-5-10(6-9)22-7-11(18)12-13(17)19-8-20-14(12)22/h7-10,21H,3-6H2,1-2H3,(H,23,24). The average Bonchev–Trinajstić information content (AvgIpc) is 2.74. The molecule has 0 aliphatic heterocycles. The van der Waals surface area contributed by atoms with Gasteiger partial charge in [0.1, 0.15) is 17.1 Å². The quantitative estimate of drug-likeness (QED) is 0.508. The second kappa shape index (κ2) is 6.67. The minimum absolute atomic E-state index is 0.382. The molecular formula is C16H20ClIN4O2. The molecule has 8 heteroatoms. The summed E-state index contributed by atoms with van der Waals surface area (Å²) in [6.45, 7) is 3.86. The predicted molar refractivity (Wildman–Crippen MR) is 101 cm³/mol. The molecule has 0 spiro atoms. The zero-order valence-electron chi connectivity index (χ0n) is 13.6. The summed E-state index contributed by atoms with van der Waals surface area (Å²) in [5, 5.41) is 12.9. The largest absolute Gasteiger partial charge is 0.465 e. The first-order valence-electron chi connectivity index (χ1n) is 7.94. The molecule has 24 heavy (non-hydrogen) atoms. The van der Waals surface area contributed by atoms with Crippen LogP contribution in [-0.4, -0.2) is 31.3 Å². The number of amides is 1. The third-order valence-electron chi connectivity index (χ3n) is 4.74. The van der Waals surface area contributed by atoms with Crippen LogP contribution in [0.2, 0.25) is 5.15 Å². The van der Waals surface area contributed by atoms with Gasteiger partial charge in [-0.2, -0.15) is 0 Å². The fourth-order valence-corrected chi connectivity index (χ4v) is 4.55. The molecular weight excluding hydrogens is 443 g/mol. The minimum Gasteiger partial charge on any atom is -0.465 e. The Kier molecular flexibility index (Phi) is 4.92. The van der Waals surface area contributed by atoms with Gasteiger partial charge in [-0.1, -0.05) is 11.6 Å². The number of nitrogens with one attached hydrogen (secondary N) is 1. The molecule has 2 aromatic rings. The summed E-state index contributed by atoms with van der Waals surface area (Å²) in [6.07, 6.45) is 6.69. The lowest BCUT2D eigenvalue weighted by Gasteiger charge is -2.38. The molecule has 1 saturated carbocycles. The maximum Gasteiger partial charge on any atom is 0.405 e. The second-order valence-electron chi connectivity index (χ2n) is 7.09. The lowest BCUT2D eigenvalue weighted by Crippen LogP contribution is -2.43. The third kappa shape index (κ3) is 3.61. The summed E-state index contributed by atoms with van der Waals surface area (Å²) in [5.41, 5.74) is 0.517. The Morgan fingerprint density at radius 1 is 1.50 bits per heavy atom. The molecule has 6 nitrogen and oxygen atoms in total. The van der Waals surface area contributed by atoms with E-state index in [-0.39, 0.29) is 5.54 Å². The molecule has 0 radical (unpaired) electrons. The normalized spacial score (nSPS) is 20.8. The van der Waals surface area contributed by atoms with E-state index < -0.39 is 6.09 Å². The van der Waals surface area contributed by atoms with Crippen molar-refractivity contribution in [2.75, 3.05) is 0 Å². The number of hydrogen-bond donors (Lipinski definition) is 2. The third-order valence-corrected chi connectivity index (χ3v) is 5.85. The van der Waals surface area contributed by atoms with Crippen LogP contribution >= 0.6 is 34.2 Å². The van der Waals surface area contributed by atoms with E-state index in [4.69, 9.17) is 16.7 Å². The van der Waals surface area contributed by atoms with Crippen molar-refractivity contribution in [3.8, 4) is 0 Å². The van der Waals surface area contributed by atoms with Gasteiger partial charge in [0.05, 0.1) is 5.39 Å². The lowest BCUT2D eigenvalue weighted by molar-refractivity contribution is 0.159. The van der Waals surface area contributed by atoms with Crippen LogP contribution in [0.1, 0.15) is 45.6 Å². The van der Waals surface area contributed by atoms with Crippen LogP contribution in [0.25, 0.3) is 11.0 Å². The molecule has 0 atom stereocenters. The highest BCUT2D eigenvalue weighted by atomic mass is 127. The summed E-state index contributed by atoms with van der Waals surface area (Å²) in [5.74, 6) is 0.622. The van der Waals surface area contributed by atoms with Crippen molar-refractivity contribution in [2.24, 2.45) is 5.92 Å². The van der Waals surface area contributed by atoms with Crippen LogP contribution in [0.5, 0.6) is 0 Å². The van der Waals surface area contributed by atoms with Crippen LogP contribution in [0.3, 0.4) is 0 Å². The van der Waals surface area contributed by atoms with E-state index in [2.05, 4.69) is 48.6 Å². The summed E-state index contributed by atoms with van der Waals surface area (Å²) < 4.78 is 3.28. The molecule has 2 aromatic heterocycles. The van der Waals surface area contributed by atoms with E-state index in [9.17, 15) is 4.79 Å². The van der Waals surface area contributed by atoms with Crippen molar-refractivity contribution in [1.82, 2.24) is 19.9 Å². The van der Waals surface area contributed by atoms with Crippen LogP contribution < -0.4 is 5.32 Å². The minimum atomic E-state index is -0.962. The SMILES string of the molecule is CC(C)(CCC1CC(n2cc(I)c3c(Cl)ncnc32)C1)NC(=O)O. The molecule has 1 aliphatic rings. The van der Waals surface area contributed by atoms with Gasteiger partial charge in [-0.05, 0) is 68.0 Å². The van der Waals surface area contributed by atoms with Gasteiger partial charge in [-0.25, -0.2) is 14.8 Å². The van der Waals surface area contributed by atoms with E-state index >= 15 is 0 Å². The van der Waals surface area contributed by atoms with Crippen molar-refractivity contribution >= 4 is 51.3 Å². The fraction of sp³-hybridized carbons (Fsp3) is 0.562. The van der Waals surface area contributed by atoms with Crippen LogP contribution in [0, 0.1) is 9.49 Å². The van der Waals surface area contributed by atoms with Gasteiger partial charge >= 0.3 is 6.09 Å². The van der Waals surface area contributed by atoms with Crippen molar-refractivity contribution < 1.29 is 9.90 Å². The second-order valence-corrected chi connectivity index (χ2v) is 8.61. The van der Waals surface area contributed by atoms with Gasteiger partial charge < -0.3 is 15.0 Å². The van der Waals surface area contributed by atoms with E-state index in [0.717, 1.165) is 40.3 Å². The Bertz CT molecular complexity index is 771. The predicted octanol–water partition coefficient (Wildman–Crippen LogP) is 4.47. The van der Waals surface area contributed by atoms with E-state index in [1.165, 1.54) is 6.33 Å². The van der Waals surface area contributed by atoms with Gasteiger partial charge in [0.15, 0.2) is 0 Å². The molecule has 1 aliphatic carbocycles. The summed E-state index contributed by atoms with van der Waals surface area (Å²) in [4.78, 5) is 19.3. The maximum atomic E-state index is 10.8. The van der Waals surface area contributed by atoms with Gasteiger partial charge in [-0.3, -0.25) is 0 Å². The molecule has 0 bridgehead atoms. The average molecular weight is 463 g/mol. The van der Waals surface area contributed by atoms with E-state index in [1.807, 2.05) is 13.8 Å². The van der Waals surface area contributed by atoms with E-state index in [0.29, 0.717) is 17.1 Å². The number of carboxylic acid groups (broad SMARTS) is 1. The first kappa shape index (κ1) is 17.7. The number of carbonyl (C=O) groups is 1. The first-order chi connectivity index (χ1) is 11.3. The number of hydrogen-bond acceptors (Lipinski definition) is 3. The monoisotopic (exact) mass is 462 g/mol. The van der Waals surface area contributed by atoms with Crippen LogP contribution in [0.4, 0.5) is 4.79 Å². The molecule has 2 N–H and O–H groups in total. The molecule has 0 aromatic carbocycles. The van der Waals surface area contributed by atoms with Gasteiger partial charge in [0.25, 0.3) is 0 Å². The number of halogens is 2. The molecule has 1 fully saturated rings. The number of nitrogens with zero attached hydrogens (tertiary/aromatic N) is 3. The Hall–Kier alpha value is -1.09. The smallest absolute Gasteiger partial charge is 0.405 e. The van der Waals surface area contributed by atoms with Gasteiger partial charge in [0, 0.05) is 21.3 Å². The van der Waals surface area contributed by atoms with Crippen molar-refractivity contribution in [3.05, 3.63) is 21.2 Å². The highest BCUT2D eigenvalue weighted by Crippen LogP contribution is 2.43. The zero-order chi connectivity index (χ0) is 17.5. The van der Waals surface area contributed by atoms with Crippen molar-refractivity contribution in [3.63, 3.8) is 0 Å². The molecule has 0 unspecified atom stereocenters. The zero-order valence-corrected chi connectivity index (χ0v) is 16.5.